The third-order valence-corrected chi connectivity index (χ3v) is 2.30. The van der Waals surface area contributed by atoms with Gasteiger partial charge < -0.3 is 24.4 Å². The van der Waals surface area contributed by atoms with Gasteiger partial charge in [0.05, 0.1) is 0 Å². The van der Waals surface area contributed by atoms with E-state index in [1.165, 1.54) is 13.8 Å². The van der Waals surface area contributed by atoms with Gasteiger partial charge in [0.1, 0.15) is 24.9 Å². The smallest absolute Gasteiger partial charge is 0.302 e. The average Bonchev–Trinajstić information content (AvgIpc) is 2.19. The first-order valence-electron chi connectivity index (χ1n) is 5.22. The van der Waals surface area contributed by atoms with Gasteiger partial charge in [-0.05, 0) is 0 Å². The van der Waals surface area contributed by atoms with Crippen LogP contribution >= 0.6 is 0 Å². The van der Waals surface area contributed by atoms with Crippen molar-refractivity contribution in [2.45, 2.75) is 44.9 Å². The summed E-state index contributed by atoms with van der Waals surface area (Å²) in [6, 6.07) is 0. The van der Waals surface area contributed by atoms with E-state index in [9.17, 15) is 19.8 Å². The highest BCUT2D eigenvalue weighted by Gasteiger charge is 2.39. The molecule has 1 aliphatic heterocycles. The molecule has 0 radical (unpaired) electrons. The summed E-state index contributed by atoms with van der Waals surface area (Å²) in [6.45, 7) is 2.22. The van der Waals surface area contributed by atoms with Gasteiger partial charge >= 0.3 is 11.9 Å². The summed E-state index contributed by atoms with van der Waals surface area (Å²) >= 11 is 0. The van der Waals surface area contributed by atoms with Gasteiger partial charge in [-0.3, -0.25) is 9.59 Å². The van der Waals surface area contributed by atoms with E-state index in [4.69, 9.17) is 9.47 Å². The Morgan fingerprint density at radius 2 is 1.94 bits per heavy atom. The van der Waals surface area contributed by atoms with Crippen LogP contribution in [0.3, 0.4) is 0 Å². The lowest BCUT2D eigenvalue weighted by Gasteiger charge is -2.36. The monoisotopic (exact) mass is 248 g/mol. The zero-order valence-electron chi connectivity index (χ0n) is 9.66. The fraction of sp³-hybridized carbons (Fsp3) is 0.800. The predicted molar refractivity (Wildman–Crippen MR) is 53.7 cm³/mol. The van der Waals surface area contributed by atoms with E-state index in [0.29, 0.717) is 0 Å². The molecule has 0 saturated carbocycles. The highest BCUT2D eigenvalue weighted by atomic mass is 16.6. The molecule has 1 fully saturated rings. The summed E-state index contributed by atoms with van der Waals surface area (Å²) in [4.78, 5) is 21.4. The molecule has 0 aromatic rings. The quantitative estimate of drug-likeness (QED) is 0.614. The van der Waals surface area contributed by atoms with E-state index in [1.54, 1.807) is 0 Å². The van der Waals surface area contributed by atoms with Crippen molar-refractivity contribution in [1.29, 1.82) is 0 Å². The van der Waals surface area contributed by atoms with Crippen LogP contribution in [0.15, 0.2) is 0 Å². The molecule has 0 spiro atoms. The lowest BCUT2D eigenvalue weighted by Crippen LogP contribution is -2.51. The Bertz CT molecular complexity index is 290. The molecular formula is C10H16O7. The van der Waals surface area contributed by atoms with Crippen molar-refractivity contribution in [2.24, 2.45) is 0 Å². The molecule has 1 aliphatic rings. The maximum Gasteiger partial charge on any atom is 0.302 e. The Morgan fingerprint density at radius 3 is 2.47 bits per heavy atom. The van der Waals surface area contributed by atoms with Crippen LogP contribution in [0.1, 0.15) is 20.3 Å². The topological polar surface area (TPSA) is 102 Å². The van der Waals surface area contributed by atoms with Crippen LogP contribution in [0.5, 0.6) is 0 Å². The number of rotatable bonds is 3. The van der Waals surface area contributed by atoms with Crippen molar-refractivity contribution in [3.8, 4) is 0 Å². The minimum Gasteiger partial charge on any atom is -0.463 e. The van der Waals surface area contributed by atoms with E-state index >= 15 is 0 Å². The van der Waals surface area contributed by atoms with Crippen LogP contribution in [0, 0.1) is 0 Å². The Labute approximate surface area is 98.3 Å². The fourth-order valence-corrected chi connectivity index (χ4v) is 1.58. The van der Waals surface area contributed by atoms with Crippen molar-refractivity contribution < 1.29 is 34.0 Å². The van der Waals surface area contributed by atoms with Crippen molar-refractivity contribution >= 4 is 11.9 Å². The molecule has 0 aromatic heterocycles. The summed E-state index contributed by atoms with van der Waals surface area (Å²) in [5.41, 5.74) is 0. The molecule has 2 N–H and O–H groups in total. The number of aliphatic hydroxyl groups excluding tert-OH is 2. The Hall–Kier alpha value is -1.18. The third-order valence-electron chi connectivity index (χ3n) is 2.30. The number of ether oxygens (including phenoxy) is 3. The molecule has 1 heterocycles. The SMILES string of the molecule is CC(=O)OCC1OC(O)CC(OC(C)=O)C1O. The average molecular weight is 248 g/mol. The summed E-state index contributed by atoms with van der Waals surface area (Å²) in [5, 5.41) is 19.2. The Balaban J connectivity index is 2.57. The molecule has 7 heteroatoms. The molecule has 4 unspecified atom stereocenters. The second kappa shape index (κ2) is 5.95. The van der Waals surface area contributed by atoms with Crippen molar-refractivity contribution in [3.63, 3.8) is 0 Å². The van der Waals surface area contributed by atoms with Crippen LogP contribution in [-0.2, 0) is 23.8 Å². The molecular weight excluding hydrogens is 232 g/mol. The highest BCUT2D eigenvalue weighted by Crippen LogP contribution is 2.22. The molecule has 1 rings (SSSR count). The van der Waals surface area contributed by atoms with Crippen LogP contribution in [0.4, 0.5) is 0 Å². The van der Waals surface area contributed by atoms with E-state index < -0.39 is 36.5 Å². The lowest BCUT2D eigenvalue weighted by molar-refractivity contribution is -0.247. The summed E-state index contributed by atoms with van der Waals surface area (Å²) in [6.07, 6.45) is -4.09. The normalized spacial score (nSPS) is 32.9. The van der Waals surface area contributed by atoms with Gasteiger partial charge in [-0.2, -0.15) is 0 Å². The van der Waals surface area contributed by atoms with Gasteiger partial charge in [-0.1, -0.05) is 0 Å². The van der Waals surface area contributed by atoms with Gasteiger partial charge in [0.25, 0.3) is 0 Å². The van der Waals surface area contributed by atoms with Crippen molar-refractivity contribution in [1.82, 2.24) is 0 Å². The first kappa shape index (κ1) is 13.9. The van der Waals surface area contributed by atoms with Crippen LogP contribution < -0.4 is 0 Å². The number of carbonyl (C=O) groups excluding carboxylic acids is 2. The summed E-state index contributed by atoms with van der Waals surface area (Å²) in [7, 11) is 0. The summed E-state index contributed by atoms with van der Waals surface area (Å²) in [5.74, 6) is -1.08. The summed E-state index contributed by atoms with van der Waals surface area (Å²) < 4.78 is 14.5. The molecule has 0 amide bonds. The van der Waals surface area contributed by atoms with Gasteiger partial charge in [-0.25, -0.2) is 0 Å². The minimum absolute atomic E-state index is 0.0165. The van der Waals surface area contributed by atoms with Gasteiger partial charge in [0.2, 0.25) is 0 Å². The maximum atomic E-state index is 10.8. The zero-order chi connectivity index (χ0) is 13.0. The predicted octanol–water partition coefficient (Wildman–Crippen LogP) is -1.05. The molecule has 17 heavy (non-hydrogen) atoms. The largest absolute Gasteiger partial charge is 0.463 e. The third kappa shape index (κ3) is 4.29. The number of esters is 2. The molecule has 0 aromatic carbocycles. The fourth-order valence-electron chi connectivity index (χ4n) is 1.58. The Kier molecular flexibility index (Phi) is 4.86. The van der Waals surface area contributed by atoms with E-state index in [2.05, 4.69) is 4.74 Å². The second-order valence-electron chi connectivity index (χ2n) is 3.81. The second-order valence-corrected chi connectivity index (χ2v) is 3.81. The van der Waals surface area contributed by atoms with E-state index in [0.717, 1.165) is 0 Å². The first-order valence-corrected chi connectivity index (χ1v) is 5.22. The molecule has 7 nitrogen and oxygen atoms in total. The first-order chi connectivity index (χ1) is 7.90. The maximum absolute atomic E-state index is 10.8. The molecule has 98 valence electrons. The van der Waals surface area contributed by atoms with Crippen LogP contribution in [0.2, 0.25) is 0 Å². The zero-order valence-corrected chi connectivity index (χ0v) is 9.66. The van der Waals surface area contributed by atoms with E-state index in [1.807, 2.05) is 0 Å². The molecule has 0 bridgehead atoms. The van der Waals surface area contributed by atoms with Gasteiger partial charge in [0.15, 0.2) is 6.29 Å². The number of hydrogen-bond acceptors (Lipinski definition) is 7. The molecule has 0 aliphatic carbocycles. The lowest BCUT2D eigenvalue weighted by atomic mass is 10.0. The number of hydrogen-bond donors (Lipinski definition) is 2. The van der Waals surface area contributed by atoms with Gasteiger partial charge in [0, 0.05) is 20.3 Å². The minimum atomic E-state index is -1.16. The standard InChI is InChI=1S/C10H16O7/c1-5(11)15-4-8-10(14)7(16-6(2)12)3-9(13)17-8/h7-10,13-14H,3-4H2,1-2H3. The van der Waals surface area contributed by atoms with Crippen LogP contribution in [-0.4, -0.2) is 53.4 Å². The van der Waals surface area contributed by atoms with Crippen molar-refractivity contribution in [3.05, 3.63) is 0 Å². The van der Waals surface area contributed by atoms with Gasteiger partial charge in [-0.15, -0.1) is 0 Å². The molecule has 4 atom stereocenters. The number of carbonyl (C=O) groups is 2. The van der Waals surface area contributed by atoms with E-state index in [-0.39, 0.29) is 13.0 Å². The van der Waals surface area contributed by atoms with Crippen molar-refractivity contribution in [2.75, 3.05) is 6.61 Å². The van der Waals surface area contributed by atoms with Crippen LogP contribution in [0.25, 0.3) is 0 Å². The highest BCUT2D eigenvalue weighted by molar-refractivity contribution is 5.66. The molecule has 1 saturated heterocycles. The number of aliphatic hydroxyl groups is 2. The Morgan fingerprint density at radius 1 is 1.29 bits per heavy atom.